The monoisotopic (exact) mass is 1360 g/mol. The van der Waals surface area contributed by atoms with Gasteiger partial charge in [-0.1, -0.05) is 404 Å². The molecule has 0 saturated carbocycles. The summed E-state index contributed by atoms with van der Waals surface area (Å²) >= 11 is 0. The van der Waals surface area contributed by atoms with Crippen molar-refractivity contribution < 1.29 is 50.0 Å². The van der Waals surface area contributed by atoms with Crippen molar-refractivity contribution in [3.05, 3.63) is 24.3 Å². The van der Waals surface area contributed by atoms with Crippen molar-refractivity contribution in [2.24, 2.45) is 0 Å². The van der Waals surface area contributed by atoms with E-state index in [0.29, 0.717) is 12.8 Å². The van der Waals surface area contributed by atoms with Crippen LogP contribution in [0.4, 0.5) is 0 Å². The van der Waals surface area contributed by atoms with Gasteiger partial charge in [0.25, 0.3) is 0 Å². The van der Waals surface area contributed by atoms with Crippen LogP contribution in [0.2, 0.25) is 0 Å². The second-order valence-electron chi connectivity index (χ2n) is 30.3. The first kappa shape index (κ1) is 92.6. The maximum Gasteiger partial charge on any atom is 0.249 e. The van der Waals surface area contributed by atoms with Crippen LogP contribution in [-0.2, 0) is 14.3 Å². The lowest BCUT2D eigenvalue weighted by Gasteiger charge is -2.40. The minimum atomic E-state index is -1.67. The Morgan fingerprint density at radius 3 is 0.896 bits per heavy atom. The molecular formula is C85H165NO10. The molecule has 0 aliphatic carbocycles. The highest BCUT2D eigenvalue weighted by Gasteiger charge is 2.44. The maximum absolute atomic E-state index is 13.3. The molecule has 0 spiro atoms. The van der Waals surface area contributed by atoms with Gasteiger partial charge in [0.15, 0.2) is 6.29 Å². The highest BCUT2D eigenvalue weighted by atomic mass is 16.7. The summed E-state index contributed by atoms with van der Waals surface area (Å²) in [5, 5.41) is 76.8. The van der Waals surface area contributed by atoms with Gasteiger partial charge in [0.05, 0.1) is 25.4 Å². The third-order valence-corrected chi connectivity index (χ3v) is 21.0. The van der Waals surface area contributed by atoms with Gasteiger partial charge in [0.2, 0.25) is 5.91 Å². The average molecular weight is 1360 g/mol. The van der Waals surface area contributed by atoms with E-state index in [0.717, 1.165) is 38.5 Å². The van der Waals surface area contributed by atoms with Gasteiger partial charge < -0.3 is 50.5 Å². The van der Waals surface area contributed by atoms with Gasteiger partial charge in [-0.25, -0.2) is 0 Å². The van der Waals surface area contributed by atoms with Gasteiger partial charge in [0.1, 0.15) is 36.6 Å². The number of allylic oxidation sites excluding steroid dienone is 4. The largest absolute Gasteiger partial charge is 0.394 e. The predicted octanol–water partition coefficient (Wildman–Crippen LogP) is 22.7. The maximum atomic E-state index is 13.3. The molecule has 9 unspecified atom stereocenters. The van der Waals surface area contributed by atoms with Crippen molar-refractivity contribution in [2.45, 2.75) is 499 Å². The first-order valence-electron chi connectivity index (χ1n) is 42.7. The zero-order chi connectivity index (χ0) is 69.5. The lowest BCUT2D eigenvalue weighted by molar-refractivity contribution is -0.303. The summed E-state index contributed by atoms with van der Waals surface area (Å²) in [7, 11) is 0. The zero-order valence-electron chi connectivity index (χ0n) is 63.7. The number of carbonyl (C=O) groups is 1. The molecule has 1 saturated heterocycles. The van der Waals surface area contributed by atoms with E-state index in [1.807, 2.05) is 0 Å². The number of hydrogen-bond donors (Lipinski definition) is 8. The lowest BCUT2D eigenvalue weighted by atomic mass is 9.98. The number of hydrogen-bond acceptors (Lipinski definition) is 10. The molecule has 1 fully saturated rings. The third kappa shape index (κ3) is 59.2. The standard InChI is InChI=1S/C85H165NO10/c1-3-5-7-9-11-13-15-17-19-21-23-25-27-29-31-33-35-36-37-38-39-40-41-43-45-47-49-51-53-55-57-59-61-63-65-67-69-71-73-78(89)84(94)86-76(75-95-85-83(93)82(92)81(91)79(74-87)96-85)80(90)77(88)72-70-68-66-64-62-60-58-56-54-52-50-48-46-44-42-34-32-30-28-26-24-22-20-18-16-14-12-10-8-6-4-2/h38-39,64,66,76-83,85,87-93H,3-37,40-63,65,67-75H2,1-2H3,(H,86,94)/b39-38-,66-64+. The van der Waals surface area contributed by atoms with Crippen LogP contribution in [0.1, 0.15) is 444 Å². The lowest BCUT2D eigenvalue weighted by Crippen LogP contribution is -2.60. The summed E-state index contributed by atoms with van der Waals surface area (Å²) in [6, 6.07) is -1.19. The SMILES string of the molecule is CCCCCCCCCCCCCCCCCCCC/C=C\CCCCCCCCCCCCCCCCCCC(O)C(=O)NC(COC1OC(CO)C(O)C(O)C1O)C(O)C(O)CCC/C=C/CCCCCCCCCCCCCCCCCCCCCCCCCCCC. The number of rotatable bonds is 77. The molecule has 1 heterocycles. The minimum absolute atomic E-state index is 0.258. The summed E-state index contributed by atoms with van der Waals surface area (Å²) in [6.07, 6.45) is 84.7. The van der Waals surface area contributed by atoms with E-state index in [-0.39, 0.29) is 12.8 Å². The number of amides is 1. The summed E-state index contributed by atoms with van der Waals surface area (Å²) in [4.78, 5) is 13.3. The van der Waals surface area contributed by atoms with Crippen molar-refractivity contribution in [3.8, 4) is 0 Å². The van der Waals surface area contributed by atoms with Crippen LogP contribution in [0.3, 0.4) is 0 Å². The summed E-state index contributed by atoms with van der Waals surface area (Å²) in [6.45, 7) is 3.53. The van der Waals surface area contributed by atoms with Crippen molar-refractivity contribution in [3.63, 3.8) is 0 Å². The number of aliphatic hydroxyl groups excluding tert-OH is 7. The Hall–Kier alpha value is -1.41. The molecule has 8 N–H and O–H groups in total. The first-order chi connectivity index (χ1) is 47.2. The van der Waals surface area contributed by atoms with Crippen LogP contribution >= 0.6 is 0 Å². The highest BCUT2D eigenvalue weighted by Crippen LogP contribution is 2.25. The quantitative estimate of drug-likeness (QED) is 0.0215. The highest BCUT2D eigenvalue weighted by molar-refractivity contribution is 5.80. The van der Waals surface area contributed by atoms with E-state index < -0.39 is 74.2 Å². The van der Waals surface area contributed by atoms with Crippen molar-refractivity contribution in [1.82, 2.24) is 5.32 Å². The average Bonchev–Trinajstić information content (AvgIpc) is 0.847. The fraction of sp³-hybridized carbons (Fsp3) is 0.941. The van der Waals surface area contributed by atoms with E-state index in [1.54, 1.807) is 0 Å². The Morgan fingerprint density at radius 1 is 0.354 bits per heavy atom. The zero-order valence-corrected chi connectivity index (χ0v) is 63.7. The number of carbonyl (C=O) groups excluding carboxylic acids is 1. The van der Waals surface area contributed by atoms with E-state index in [2.05, 4.69) is 43.5 Å². The van der Waals surface area contributed by atoms with Crippen LogP contribution in [0.15, 0.2) is 24.3 Å². The minimum Gasteiger partial charge on any atom is -0.394 e. The molecule has 0 aromatic heterocycles. The van der Waals surface area contributed by atoms with Gasteiger partial charge in [-0.05, 0) is 64.2 Å². The smallest absolute Gasteiger partial charge is 0.249 e. The molecule has 0 aromatic carbocycles. The Labute approximate surface area is 595 Å². The number of ether oxygens (including phenoxy) is 2. The first-order valence-corrected chi connectivity index (χ1v) is 42.7. The molecule has 1 amide bonds. The number of unbranched alkanes of at least 4 members (excludes halogenated alkanes) is 61. The predicted molar refractivity (Wildman–Crippen MR) is 409 cm³/mol. The van der Waals surface area contributed by atoms with Crippen LogP contribution < -0.4 is 5.32 Å². The fourth-order valence-corrected chi connectivity index (χ4v) is 14.2. The van der Waals surface area contributed by atoms with E-state index in [1.165, 1.54) is 366 Å². The summed E-state index contributed by atoms with van der Waals surface area (Å²) < 4.78 is 11.2. The van der Waals surface area contributed by atoms with Gasteiger partial charge >= 0.3 is 0 Å². The Morgan fingerprint density at radius 2 is 0.615 bits per heavy atom. The van der Waals surface area contributed by atoms with E-state index in [9.17, 15) is 40.5 Å². The molecule has 11 heteroatoms. The summed E-state index contributed by atoms with van der Waals surface area (Å²) in [5.41, 5.74) is 0. The summed E-state index contributed by atoms with van der Waals surface area (Å²) in [5.74, 6) is -0.697. The van der Waals surface area contributed by atoms with E-state index in [4.69, 9.17) is 9.47 Å². The van der Waals surface area contributed by atoms with Gasteiger partial charge in [-0.2, -0.15) is 0 Å². The molecule has 1 aliphatic rings. The van der Waals surface area contributed by atoms with Crippen molar-refractivity contribution in [2.75, 3.05) is 13.2 Å². The normalized spacial score (nSPS) is 18.1. The van der Waals surface area contributed by atoms with Crippen molar-refractivity contribution >= 4 is 5.91 Å². The molecule has 11 nitrogen and oxygen atoms in total. The molecule has 1 rings (SSSR count). The van der Waals surface area contributed by atoms with Gasteiger partial charge in [0, 0.05) is 0 Å². The third-order valence-electron chi connectivity index (χ3n) is 21.0. The van der Waals surface area contributed by atoms with Crippen molar-refractivity contribution in [1.29, 1.82) is 0 Å². The second kappa shape index (κ2) is 73.3. The molecular weight excluding hydrogens is 1190 g/mol. The molecule has 9 atom stereocenters. The fourth-order valence-electron chi connectivity index (χ4n) is 14.2. The number of nitrogens with one attached hydrogen (secondary N) is 1. The van der Waals surface area contributed by atoms with E-state index >= 15 is 0 Å². The Kier molecular flexibility index (Phi) is 70.7. The van der Waals surface area contributed by atoms with Crippen LogP contribution in [0, 0.1) is 0 Å². The van der Waals surface area contributed by atoms with Crippen LogP contribution in [-0.4, -0.2) is 110 Å². The Bertz CT molecular complexity index is 1610. The second-order valence-corrected chi connectivity index (χ2v) is 30.3. The Balaban J connectivity index is 2.10. The van der Waals surface area contributed by atoms with Crippen LogP contribution in [0.25, 0.3) is 0 Å². The topological polar surface area (TPSA) is 189 Å². The number of aliphatic hydroxyl groups is 7. The van der Waals surface area contributed by atoms with Gasteiger partial charge in [-0.3, -0.25) is 4.79 Å². The van der Waals surface area contributed by atoms with Crippen LogP contribution in [0.5, 0.6) is 0 Å². The molecule has 570 valence electrons. The van der Waals surface area contributed by atoms with Gasteiger partial charge in [-0.15, -0.1) is 0 Å². The molecule has 0 bridgehead atoms. The molecule has 1 aliphatic heterocycles. The molecule has 96 heavy (non-hydrogen) atoms. The molecule has 0 radical (unpaired) electrons. The molecule has 0 aromatic rings.